The Balaban J connectivity index is 2.65. The van der Waals surface area contributed by atoms with Gasteiger partial charge in [-0.25, -0.2) is 9.59 Å². The van der Waals surface area contributed by atoms with Crippen LogP contribution in [0.15, 0.2) is 0 Å². The maximum Gasteiger partial charge on any atom is 0.328 e. The van der Waals surface area contributed by atoms with E-state index in [1.54, 1.807) is 4.90 Å². The van der Waals surface area contributed by atoms with Crippen LogP contribution in [0.4, 0.5) is 4.79 Å². The predicted octanol–water partition coefficient (Wildman–Crippen LogP) is 1.43. The number of amides is 2. The summed E-state index contributed by atoms with van der Waals surface area (Å²) in [5, 5.41) is 20.3. The largest absolute Gasteiger partial charge is 0.480 e. The summed E-state index contributed by atoms with van der Waals surface area (Å²) in [4.78, 5) is 24.9. The molecule has 1 aliphatic carbocycles. The maximum absolute atomic E-state index is 12.3. The SMILES string of the molecule is CC(C)CCN(C(=O)N[C@@H](CO)C(=O)O)C1CCCC1. The summed E-state index contributed by atoms with van der Waals surface area (Å²) >= 11 is 0. The van der Waals surface area contributed by atoms with Crippen molar-refractivity contribution >= 4 is 12.0 Å². The number of aliphatic carboxylic acids is 1. The minimum absolute atomic E-state index is 0.196. The monoisotopic (exact) mass is 286 g/mol. The van der Waals surface area contributed by atoms with Crippen molar-refractivity contribution in [2.45, 2.75) is 58.0 Å². The molecule has 1 fully saturated rings. The van der Waals surface area contributed by atoms with Gasteiger partial charge in [0.1, 0.15) is 0 Å². The van der Waals surface area contributed by atoms with Crippen LogP contribution in [-0.4, -0.2) is 52.3 Å². The Kier molecular flexibility index (Phi) is 6.78. The Bertz CT molecular complexity index is 327. The molecule has 0 bridgehead atoms. The van der Waals surface area contributed by atoms with E-state index in [0.29, 0.717) is 12.5 Å². The van der Waals surface area contributed by atoms with Gasteiger partial charge in [-0.3, -0.25) is 0 Å². The van der Waals surface area contributed by atoms with Crippen molar-refractivity contribution in [1.29, 1.82) is 0 Å². The highest BCUT2D eigenvalue weighted by Crippen LogP contribution is 2.24. The van der Waals surface area contributed by atoms with Crippen LogP contribution in [0.1, 0.15) is 46.0 Å². The fourth-order valence-corrected chi connectivity index (χ4v) is 2.48. The Labute approximate surface area is 120 Å². The molecule has 6 heteroatoms. The number of aliphatic hydroxyl groups is 1. The van der Waals surface area contributed by atoms with E-state index in [9.17, 15) is 9.59 Å². The number of rotatable bonds is 7. The highest BCUT2D eigenvalue weighted by Gasteiger charge is 2.29. The Morgan fingerprint density at radius 1 is 1.30 bits per heavy atom. The summed E-state index contributed by atoms with van der Waals surface area (Å²) in [5.74, 6) is -0.726. The van der Waals surface area contributed by atoms with Gasteiger partial charge in [-0.1, -0.05) is 26.7 Å². The summed E-state index contributed by atoms with van der Waals surface area (Å²) in [6.07, 6.45) is 5.06. The summed E-state index contributed by atoms with van der Waals surface area (Å²) in [6.45, 7) is 4.23. The molecule has 2 amide bonds. The molecular formula is C14H26N2O4. The van der Waals surface area contributed by atoms with Crippen molar-refractivity contribution in [2.24, 2.45) is 5.92 Å². The first-order valence-electron chi connectivity index (χ1n) is 7.36. The summed E-state index contributed by atoms with van der Waals surface area (Å²) < 4.78 is 0. The van der Waals surface area contributed by atoms with Crippen LogP contribution in [0, 0.1) is 5.92 Å². The number of carbonyl (C=O) groups is 2. The fraction of sp³-hybridized carbons (Fsp3) is 0.857. The molecule has 1 aliphatic rings. The van der Waals surface area contributed by atoms with E-state index in [1.165, 1.54) is 0 Å². The maximum atomic E-state index is 12.3. The second-order valence-electron chi connectivity index (χ2n) is 5.84. The third-order valence-corrected chi connectivity index (χ3v) is 3.75. The number of carboxylic acid groups (broad SMARTS) is 1. The first kappa shape index (κ1) is 16.8. The molecule has 0 aliphatic heterocycles. The number of nitrogens with one attached hydrogen (secondary N) is 1. The number of carbonyl (C=O) groups excluding carboxylic acids is 1. The van der Waals surface area contributed by atoms with E-state index in [1.807, 2.05) is 0 Å². The van der Waals surface area contributed by atoms with Gasteiger partial charge in [-0.15, -0.1) is 0 Å². The topological polar surface area (TPSA) is 89.9 Å². The quantitative estimate of drug-likeness (QED) is 0.660. The summed E-state index contributed by atoms with van der Waals surface area (Å²) in [7, 11) is 0. The predicted molar refractivity (Wildman–Crippen MR) is 75.5 cm³/mol. The zero-order valence-electron chi connectivity index (χ0n) is 12.3. The van der Waals surface area contributed by atoms with Gasteiger partial charge in [0, 0.05) is 12.6 Å². The molecule has 0 spiro atoms. The Hall–Kier alpha value is -1.30. The Morgan fingerprint density at radius 3 is 2.35 bits per heavy atom. The normalized spacial score (nSPS) is 17.2. The molecule has 1 rings (SSSR count). The number of carboxylic acids is 1. The van der Waals surface area contributed by atoms with Gasteiger partial charge in [-0.05, 0) is 25.2 Å². The second-order valence-corrected chi connectivity index (χ2v) is 5.84. The molecule has 0 unspecified atom stereocenters. The van der Waals surface area contributed by atoms with Crippen LogP contribution in [0.5, 0.6) is 0 Å². The molecule has 0 aromatic heterocycles. The van der Waals surface area contributed by atoms with E-state index in [2.05, 4.69) is 19.2 Å². The average Bonchev–Trinajstić information content (AvgIpc) is 2.89. The molecule has 0 aromatic carbocycles. The van der Waals surface area contributed by atoms with Crippen LogP contribution in [0.2, 0.25) is 0 Å². The summed E-state index contributed by atoms with van der Waals surface area (Å²) in [5.41, 5.74) is 0. The zero-order valence-corrected chi connectivity index (χ0v) is 12.3. The van der Waals surface area contributed by atoms with E-state index >= 15 is 0 Å². The first-order chi connectivity index (χ1) is 9.45. The highest BCUT2D eigenvalue weighted by atomic mass is 16.4. The van der Waals surface area contributed by atoms with E-state index in [-0.39, 0.29) is 12.1 Å². The molecule has 0 heterocycles. The number of aliphatic hydroxyl groups excluding tert-OH is 1. The minimum Gasteiger partial charge on any atom is -0.480 e. The molecule has 1 atom stereocenters. The lowest BCUT2D eigenvalue weighted by molar-refractivity contribution is -0.140. The third kappa shape index (κ3) is 5.00. The lowest BCUT2D eigenvalue weighted by atomic mass is 10.1. The lowest BCUT2D eigenvalue weighted by Crippen LogP contribution is -2.52. The van der Waals surface area contributed by atoms with Gasteiger partial charge in [0.05, 0.1) is 6.61 Å². The zero-order chi connectivity index (χ0) is 15.1. The smallest absolute Gasteiger partial charge is 0.328 e. The minimum atomic E-state index is -1.23. The highest BCUT2D eigenvalue weighted by molar-refractivity contribution is 5.82. The molecular weight excluding hydrogens is 260 g/mol. The molecule has 0 radical (unpaired) electrons. The number of hydrogen-bond donors (Lipinski definition) is 3. The molecule has 116 valence electrons. The van der Waals surface area contributed by atoms with Crippen molar-refractivity contribution in [2.75, 3.05) is 13.2 Å². The Morgan fingerprint density at radius 2 is 1.90 bits per heavy atom. The molecule has 3 N–H and O–H groups in total. The average molecular weight is 286 g/mol. The van der Waals surface area contributed by atoms with Gasteiger partial charge in [0.15, 0.2) is 6.04 Å². The molecule has 0 saturated heterocycles. The van der Waals surface area contributed by atoms with Gasteiger partial charge < -0.3 is 20.4 Å². The van der Waals surface area contributed by atoms with Gasteiger partial charge in [-0.2, -0.15) is 0 Å². The van der Waals surface area contributed by atoms with Crippen molar-refractivity contribution < 1.29 is 19.8 Å². The van der Waals surface area contributed by atoms with E-state index in [0.717, 1.165) is 32.1 Å². The van der Waals surface area contributed by atoms with Crippen LogP contribution in [0.3, 0.4) is 0 Å². The van der Waals surface area contributed by atoms with Crippen LogP contribution >= 0.6 is 0 Å². The summed E-state index contributed by atoms with van der Waals surface area (Å²) in [6, 6.07) is -1.41. The van der Waals surface area contributed by atoms with Gasteiger partial charge >= 0.3 is 12.0 Å². The number of urea groups is 1. The first-order valence-corrected chi connectivity index (χ1v) is 7.36. The second kappa shape index (κ2) is 8.09. The number of nitrogens with zero attached hydrogens (tertiary/aromatic N) is 1. The van der Waals surface area contributed by atoms with E-state index < -0.39 is 18.6 Å². The van der Waals surface area contributed by atoms with Crippen molar-refractivity contribution in [1.82, 2.24) is 10.2 Å². The van der Waals surface area contributed by atoms with Crippen LogP contribution in [0.25, 0.3) is 0 Å². The van der Waals surface area contributed by atoms with Gasteiger partial charge in [0.2, 0.25) is 0 Å². The fourth-order valence-electron chi connectivity index (χ4n) is 2.48. The lowest BCUT2D eigenvalue weighted by Gasteiger charge is -2.30. The van der Waals surface area contributed by atoms with Crippen molar-refractivity contribution in [3.63, 3.8) is 0 Å². The number of hydrogen-bond acceptors (Lipinski definition) is 3. The van der Waals surface area contributed by atoms with Crippen molar-refractivity contribution in [3.8, 4) is 0 Å². The third-order valence-electron chi connectivity index (χ3n) is 3.75. The molecule has 1 saturated carbocycles. The standard InChI is InChI=1S/C14H26N2O4/c1-10(2)7-8-16(11-5-3-4-6-11)14(20)15-12(9-17)13(18)19/h10-12,17H,3-9H2,1-2H3,(H,15,20)(H,18,19)/t12-/m0/s1. The van der Waals surface area contributed by atoms with Crippen LogP contribution < -0.4 is 5.32 Å². The molecule has 20 heavy (non-hydrogen) atoms. The van der Waals surface area contributed by atoms with Crippen LogP contribution in [-0.2, 0) is 4.79 Å². The van der Waals surface area contributed by atoms with Crippen molar-refractivity contribution in [3.05, 3.63) is 0 Å². The van der Waals surface area contributed by atoms with Gasteiger partial charge in [0.25, 0.3) is 0 Å². The van der Waals surface area contributed by atoms with E-state index in [4.69, 9.17) is 10.2 Å². The molecule has 0 aromatic rings. The molecule has 6 nitrogen and oxygen atoms in total.